The Kier molecular flexibility index (Phi) is 6.05. The summed E-state index contributed by atoms with van der Waals surface area (Å²) in [6, 6.07) is 15.2. The standard InChI is InChI=1S/C19H22ClNO2/c1-4-18(23-16-10-11-17(20)13(2)12-16)19(22)21-14(3)15-8-6-5-7-9-15/h5-12,14,18H,4H2,1-3H3,(H,21,22)/t14-,18-/m1/s1. The monoisotopic (exact) mass is 331 g/mol. The van der Waals surface area contributed by atoms with Crippen molar-refractivity contribution >= 4 is 17.5 Å². The number of aryl methyl sites for hydroxylation is 1. The smallest absolute Gasteiger partial charge is 0.261 e. The van der Waals surface area contributed by atoms with E-state index in [1.165, 1.54) is 0 Å². The largest absolute Gasteiger partial charge is 0.481 e. The van der Waals surface area contributed by atoms with Crippen LogP contribution in [0.25, 0.3) is 0 Å². The molecule has 0 aliphatic heterocycles. The van der Waals surface area contributed by atoms with Crippen LogP contribution in [-0.2, 0) is 4.79 Å². The second-order valence-electron chi connectivity index (χ2n) is 5.57. The summed E-state index contributed by atoms with van der Waals surface area (Å²) in [4.78, 5) is 12.5. The van der Waals surface area contributed by atoms with E-state index in [1.54, 1.807) is 12.1 Å². The molecule has 0 aliphatic rings. The fraction of sp³-hybridized carbons (Fsp3) is 0.316. The minimum absolute atomic E-state index is 0.0618. The number of amides is 1. The highest BCUT2D eigenvalue weighted by Crippen LogP contribution is 2.22. The summed E-state index contributed by atoms with van der Waals surface area (Å²) < 4.78 is 5.83. The molecule has 1 N–H and O–H groups in total. The van der Waals surface area contributed by atoms with E-state index in [4.69, 9.17) is 16.3 Å². The number of rotatable bonds is 6. The van der Waals surface area contributed by atoms with Crippen LogP contribution in [0, 0.1) is 6.92 Å². The molecule has 0 bridgehead atoms. The Morgan fingerprint density at radius 3 is 2.52 bits per heavy atom. The van der Waals surface area contributed by atoms with Crippen molar-refractivity contribution in [2.45, 2.75) is 39.3 Å². The van der Waals surface area contributed by atoms with Crippen LogP contribution in [0.15, 0.2) is 48.5 Å². The number of halogens is 1. The topological polar surface area (TPSA) is 38.3 Å². The molecule has 0 unspecified atom stereocenters. The van der Waals surface area contributed by atoms with E-state index in [2.05, 4.69) is 5.32 Å². The van der Waals surface area contributed by atoms with Crippen molar-refractivity contribution in [3.8, 4) is 5.75 Å². The van der Waals surface area contributed by atoms with Gasteiger partial charge in [-0.1, -0.05) is 48.9 Å². The van der Waals surface area contributed by atoms with E-state index in [0.29, 0.717) is 17.2 Å². The van der Waals surface area contributed by atoms with Gasteiger partial charge in [-0.3, -0.25) is 4.79 Å². The Balaban J connectivity index is 2.02. The highest BCUT2D eigenvalue weighted by Gasteiger charge is 2.20. The van der Waals surface area contributed by atoms with Crippen LogP contribution in [0.2, 0.25) is 5.02 Å². The van der Waals surface area contributed by atoms with Crippen LogP contribution in [0.5, 0.6) is 5.75 Å². The fourth-order valence-corrected chi connectivity index (χ4v) is 2.43. The number of nitrogens with one attached hydrogen (secondary N) is 1. The van der Waals surface area contributed by atoms with Crippen molar-refractivity contribution < 1.29 is 9.53 Å². The Morgan fingerprint density at radius 1 is 1.22 bits per heavy atom. The van der Waals surface area contributed by atoms with Crippen molar-refractivity contribution in [2.24, 2.45) is 0 Å². The van der Waals surface area contributed by atoms with E-state index in [-0.39, 0.29) is 11.9 Å². The zero-order valence-electron chi connectivity index (χ0n) is 13.7. The minimum atomic E-state index is -0.526. The number of carbonyl (C=O) groups excluding carboxylic acids is 1. The van der Waals surface area contributed by atoms with Crippen LogP contribution in [0.4, 0.5) is 0 Å². The number of hydrogen-bond donors (Lipinski definition) is 1. The summed E-state index contributed by atoms with van der Waals surface area (Å²) >= 11 is 6.02. The predicted octanol–water partition coefficient (Wildman–Crippen LogP) is 4.68. The Hall–Kier alpha value is -2.00. The number of ether oxygens (including phenoxy) is 1. The summed E-state index contributed by atoms with van der Waals surface area (Å²) in [5, 5.41) is 3.69. The average molecular weight is 332 g/mol. The maximum Gasteiger partial charge on any atom is 0.261 e. The van der Waals surface area contributed by atoms with Crippen molar-refractivity contribution in [2.75, 3.05) is 0 Å². The molecule has 122 valence electrons. The molecular weight excluding hydrogens is 310 g/mol. The van der Waals surface area contributed by atoms with Gasteiger partial charge in [-0.15, -0.1) is 0 Å². The number of benzene rings is 2. The van der Waals surface area contributed by atoms with Gasteiger partial charge in [0.2, 0.25) is 0 Å². The highest BCUT2D eigenvalue weighted by molar-refractivity contribution is 6.31. The molecule has 3 nitrogen and oxygen atoms in total. The molecule has 0 saturated heterocycles. The summed E-state index contributed by atoms with van der Waals surface area (Å²) in [5.41, 5.74) is 2.00. The van der Waals surface area contributed by atoms with Crippen LogP contribution >= 0.6 is 11.6 Å². The van der Waals surface area contributed by atoms with Gasteiger partial charge in [0.05, 0.1) is 6.04 Å². The molecular formula is C19H22ClNO2. The van der Waals surface area contributed by atoms with Gasteiger partial charge >= 0.3 is 0 Å². The first-order valence-corrected chi connectivity index (χ1v) is 8.17. The Morgan fingerprint density at radius 2 is 1.91 bits per heavy atom. The maximum absolute atomic E-state index is 12.5. The Bertz CT molecular complexity index is 658. The zero-order valence-corrected chi connectivity index (χ0v) is 14.4. The van der Waals surface area contributed by atoms with E-state index >= 15 is 0 Å². The summed E-state index contributed by atoms with van der Waals surface area (Å²) in [5.74, 6) is 0.540. The lowest BCUT2D eigenvalue weighted by atomic mass is 10.1. The van der Waals surface area contributed by atoms with Gasteiger partial charge in [-0.25, -0.2) is 0 Å². The van der Waals surface area contributed by atoms with Gasteiger partial charge in [-0.05, 0) is 49.6 Å². The molecule has 0 saturated carbocycles. The van der Waals surface area contributed by atoms with Crippen LogP contribution in [-0.4, -0.2) is 12.0 Å². The first-order chi connectivity index (χ1) is 11.0. The average Bonchev–Trinajstić information content (AvgIpc) is 2.56. The molecule has 2 aromatic rings. The van der Waals surface area contributed by atoms with E-state index < -0.39 is 6.10 Å². The van der Waals surface area contributed by atoms with Crippen LogP contribution in [0.3, 0.4) is 0 Å². The van der Waals surface area contributed by atoms with Crippen molar-refractivity contribution in [3.63, 3.8) is 0 Å². The van der Waals surface area contributed by atoms with Crippen LogP contribution in [0.1, 0.15) is 37.4 Å². The summed E-state index contributed by atoms with van der Waals surface area (Å²) in [7, 11) is 0. The molecule has 1 amide bonds. The first kappa shape index (κ1) is 17.4. The normalized spacial score (nSPS) is 13.2. The van der Waals surface area contributed by atoms with Crippen molar-refractivity contribution in [1.29, 1.82) is 0 Å². The number of hydrogen-bond acceptors (Lipinski definition) is 2. The third-order valence-corrected chi connectivity index (χ3v) is 4.15. The molecule has 0 heterocycles. The van der Waals surface area contributed by atoms with E-state index in [0.717, 1.165) is 11.1 Å². The molecule has 0 aliphatic carbocycles. The summed E-state index contributed by atoms with van der Waals surface area (Å²) in [6.45, 7) is 5.81. The van der Waals surface area contributed by atoms with Gasteiger partial charge in [0.15, 0.2) is 6.10 Å². The van der Waals surface area contributed by atoms with Gasteiger partial charge < -0.3 is 10.1 Å². The Labute approximate surface area is 142 Å². The molecule has 4 heteroatoms. The fourth-order valence-electron chi connectivity index (χ4n) is 2.31. The molecule has 0 spiro atoms. The van der Waals surface area contributed by atoms with Gasteiger partial charge in [0.25, 0.3) is 5.91 Å². The second-order valence-corrected chi connectivity index (χ2v) is 5.97. The molecule has 0 radical (unpaired) electrons. The third kappa shape index (κ3) is 4.73. The first-order valence-electron chi connectivity index (χ1n) is 7.79. The maximum atomic E-state index is 12.5. The van der Waals surface area contributed by atoms with Crippen LogP contribution < -0.4 is 10.1 Å². The molecule has 0 fully saturated rings. The quantitative estimate of drug-likeness (QED) is 0.834. The lowest BCUT2D eigenvalue weighted by Gasteiger charge is -2.21. The summed E-state index contributed by atoms with van der Waals surface area (Å²) in [6.07, 6.45) is 0.0661. The predicted molar refractivity (Wildman–Crippen MR) is 93.9 cm³/mol. The number of carbonyl (C=O) groups is 1. The van der Waals surface area contributed by atoms with Gasteiger partial charge in [0, 0.05) is 5.02 Å². The van der Waals surface area contributed by atoms with Crippen molar-refractivity contribution in [3.05, 3.63) is 64.7 Å². The SMILES string of the molecule is CC[C@@H](Oc1ccc(Cl)c(C)c1)C(=O)N[C@H](C)c1ccccc1. The van der Waals surface area contributed by atoms with Gasteiger partial charge in [-0.2, -0.15) is 0 Å². The molecule has 0 aromatic heterocycles. The molecule has 2 aromatic carbocycles. The van der Waals surface area contributed by atoms with Gasteiger partial charge in [0.1, 0.15) is 5.75 Å². The lowest BCUT2D eigenvalue weighted by molar-refractivity contribution is -0.128. The minimum Gasteiger partial charge on any atom is -0.481 e. The second kappa shape index (κ2) is 8.02. The highest BCUT2D eigenvalue weighted by atomic mass is 35.5. The molecule has 23 heavy (non-hydrogen) atoms. The zero-order chi connectivity index (χ0) is 16.8. The van der Waals surface area contributed by atoms with E-state index in [1.807, 2.05) is 57.2 Å². The molecule has 2 atom stereocenters. The van der Waals surface area contributed by atoms with E-state index in [9.17, 15) is 4.79 Å². The lowest BCUT2D eigenvalue weighted by Crippen LogP contribution is -2.39. The third-order valence-electron chi connectivity index (χ3n) is 3.73. The molecule has 2 rings (SSSR count). The van der Waals surface area contributed by atoms with Crippen molar-refractivity contribution in [1.82, 2.24) is 5.32 Å².